The van der Waals surface area contributed by atoms with E-state index in [1.54, 1.807) is 6.20 Å². The highest BCUT2D eigenvalue weighted by atomic mass is 16.5. The average molecular weight is 338 g/mol. The van der Waals surface area contributed by atoms with Crippen molar-refractivity contribution >= 4 is 5.96 Å². The van der Waals surface area contributed by atoms with Gasteiger partial charge in [-0.25, -0.2) is 9.98 Å². The Kier molecular flexibility index (Phi) is 6.26. The van der Waals surface area contributed by atoms with Gasteiger partial charge in [-0.3, -0.25) is 0 Å². The summed E-state index contributed by atoms with van der Waals surface area (Å²) in [4.78, 5) is 9.04. The molecule has 25 heavy (non-hydrogen) atoms. The standard InChI is InChI=1S/C20H26N4O/c1-2-21-20(23-13-16-10-11-16)24-14-18-9-6-12-22-19(18)25-15-17-7-4-3-5-8-17/h3-9,12,16H,2,10-11,13-15H2,1H3,(H2,21,23,24). The number of ether oxygens (including phenoxy) is 1. The van der Waals surface area contributed by atoms with E-state index in [9.17, 15) is 0 Å². The number of aromatic nitrogens is 1. The van der Waals surface area contributed by atoms with Crippen LogP contribution in [0.25, 0.3) is 0 Å². The third-order valence-corrected chi connectivity index (χ3v) is 4.08. The zero-order chi connectivity index (χ0) is 17.3. The number of hydrogen-bond donors (Lipinski definition) is 2. The van der Waals surface area contributed by atoms with Crippen molar-refractivity contribution in [3.8, 4) is 5.88 Å². The predicted octanol–water partition coefficient (Wildman–Crippen LogP) is 3.13. The smallest absolute Gasteiger partial charge is 0.218 e. The minimum atomic E-state index is 0.508. The molecule has 0 saturated heterocycles. The molecule has 5 heteroatoms. The lowest BCUT2D eigenvalue weighted by Gasteiger charge is -2.12. The van der Waals surface area contributed by atoms with E-state index in [0.717, 1.165) is 36.1 Å². The van der Waals surface area contributed by atoms with Gasteiger partial charge in [-0.2, -0.15) is 0 Å². The van der Waals surface area contributed by atoms with E-state index in [1.807, 2.05) is 42.5 Å². The Morgan fingerprint density at radius 1 is 1.16 bits per heavy atom. The number of nitrogens with zero attached hydrogens (tertiary/aromatic N) is 2. The van der Waals surface area contributed by atoms with E-state index in [0.29, 0.717) is 19.0 Å². The summed E-state index contributed by atoms with van der Waals surface area (Å²) in [5.41, 5.74) is 2.11. The zero-order valence-corrected chi connectivity index (χ0v) is 14.7. The van der Waals surface area contributed by atoms with Crippen molar-refractivity contribution in [2.45, 2.75) is 32.9 Å². The lowest BCUT2D eigenvalue weighted by molar-refractivity contribution is 0.290. The first-order valence-corrected chi connectivity index (χ1v) is 8.98. The van der Waals surface area contributed by atoms with E-state index in [4.69, 9.17) is 4.74 Å². The van der Waals surface area contributed by atoms with E-state index in [-0.39, 0.29) is 0 Å². The van der Waals surface area contributed by atoms with Gasteiger partial charge in [0.1, 0.15) is 6.61 Å². The van der Waals surface area contributed by atoms with E-state index < -0.39 is 0 Å². The van der Waals surface area contributed by atoms with Crippen molar-refractivity contribution in [3.63, 3.8) is 0 Å². The summed E-state index contributed by atoms with van der Waals surface area (Å²) in [7, 11) is 0. The number of rotatable bonds is 8. The highest BCUT2D eigenvalue weighted by Crippen LogP contribution is 2.27. The van der Waals surface area contributed by atoms with Crippen LogP contribution in [0.5, 0.6) is 5.88 Å². The Balaban J connectivity index is 1.61. The predicted molar refractivity (Wildman–Crippen MR) is 101 cm³/mol. The van der Waals surface area contributed by atoms with Crippen LogP contribution >= 0.6 is 0 Å². The maximum Gasteiger partial charge on any atom is 0.218 e. The molecule has 1 aromatic heterocycles. The van der Waals surface area contributed by atoms with Crippen LogP contribution in [-0.2, 0) is 13.2 Å². The summed E-state index contributed by atoms with van der Waals surface area (Å²) in [5, 5.41) is 6.70. The van der Waals surface area contributed by atoms with Gasteiger partial charge in [0.15, 0.2) is 5.96 Å². The number of pyridine rings is 1. The van der Waals surface area contributed by atoms with Crippen LogP contribution < -0.4 is 15.4 Å². The molecule has 0 bridgehead atoms. The Labute approximate surface area is 149 Å². The quantitative estimate of drug-likeness (QED) is 0.573. The second-order valence-electron chi connectivity index (χ2n) is 6.26. The van der Waals surface area contributed by atoms with Gasteiger partial charge in [-0.05, 0) is 37.3 Å². The van der Waals surface area contributed by atoms with Crippen LogP contribution in [0.2, 0.25) is 0 Å². The molecular weight excluding hydrogens is 312 g/mol. The second kappa shape index (κ2) is 9.06. The van der Waals surface area contributed by atoms with Crippen LogP contribution in [0.15, 0.2) is 53.7 Å². The van der Waals surface area contributed by atoms with Crippen LogP contribution in [0.1, 0.15) is 30.9 Å². The van der Waals surface area contributed by atoms with Crippen LogP contribution in [0, 0.1) is 5.92 Å². The molecule has 1 fully saturated rings. The average Bonchev–Trinajstić information content (AvgIpc) is 3.48. The van der Waals surface area contributed by atoms with Gasteiger partial charge in [-0.1, -0.05) is 36.4 Å². The third kappa shape index (κ3) is 5.78. The number of aliphatic imine (C=N–C) groups is 1. The molecule has 0 radical (unpaired) electrons. The molecule has 0 amide bonds. The van der Waals surface area contributed by atoms with E-state index in [2.05, 4.69) is 27.5 Å². The summed E-state index contributed by atoms with van der Waals surface area (Å²) in [6.45, 7) is 4.97. The van der Waals surface area contributed by atoms with Gasteiger partial charge >= 0.3 is 0 Å². The van der Waals surface area contributed by atoms with Crippen molar-refractivity contribution < 1.29 is 4.74 Å². The normalized spacial score (nSPS) is 14.2. The van der Waals surface area contributed by atoms with Crippen molar-refractivity contribution in [2.75, 3.05) is 13.1 Å². The molecule has 1 heterocycles. The highest BCUT2D eigenvalue weighted by Gasteiger charge is 2.21. The molecule has 5 nitrogen and oxygen atoms in total. The molecule has 132 valence electrons. The molecule has 3 rings (SSSR count). The Morgan fingerprint density at radius 3 is 2.76 bits per heavy atom. The monoisotopic (exact) mass is 338 g/mol. The van der Waals surface area contributed by atoms with Gasteiger partial charge < -0.3 is 15.4 Å². The SMILES string of the molecule is CCNC(=NCc1cccnc1OCc1ccccc1)NCC1CC1. The molecule has 0 unspecified atom stereocenters. The van der Waals surface area contributed by atoms with Crippen molar-refractivity contribution in [1.29, 1.82) is 0 Å². The Morgan fingerprint density at radius 2 is 2.00 bits per heavy atom. The molecule has 1 aromatic carbocycles. The summed E-state index contributed by atoms with van der Waals surface area (Å²) >= 11 is 0. The number of guanidine groups is 1. The minimum Gasteiger partial charge on any atom is -0.473 e. The maximum atomic E-state index is 5.90. The van der Waals surface area contributed by atoms with Gasteiger partial charge in [0.25, 0.3) is 0 Å². The fraction of sp³-hybridized carbons (Fsp3) is 0.400. The van der Waals surface area contributed by atoms with Gasteiger partial charge in [0, 0.05) is 24.8 Å². The molecule has 1 saturated carbocycles. The van der Waals surface area contributed by atoms with Crippen LogP contribution in [0.3, 0.4) is 0 Å². The first-order valence-electron chi connectivity index (χ1n) is 8.98. The van der Waals surface area contributed by atoms with Gasteiger partial charge in [0.05, 0.1) is 6.54 Å². The van der Waals surface area contributed by atoms with Gasteiger partial charge in [0.2, 0.25) is 5.88 Å². The first kappa shape index (κ1) is 17.3. The van der Waals surface area contributed by atoms with Crippen molar-refractivity contribution in [3.05, 3.63) is 59.8 Å². The number of nitrogens with one attached hydrogen (secondary N) is 2. The molecule has 0 atom stereocenters. The summed E-state index contributed by atoms with van der Waals surface area (Å²) < 4.78 is 5.90. The van der Waals surface area contributed by atoms with E-state index >= 15 is 0 Å². The van der Waals surface area contributed by atoms with E-state index in [1.165, 1.54) is 12.8 Å². The summed E-state index contributed by atoms with van der Waals surface area (Å²) in [5.74, 6) is 2.31. The lowest BCUT2D eigenvalue weighted by atomic mass is 10.2. The Bertz CT molecular complexity index is 683. The molecule has 2 aromatic rings. The molecule has 1 aliphatic carbocycles. The number of benzene rings is 1. The molecule has 0 aliphatic heterocycles. The van der Waals surface area contributed by atoms with Crippen molar-refractivity contribution in [1.82, 2.24) is 15.6 Å². The third-order valence-electron chi connectivity index (χ3n) is 4.08. The molecule has 2 N–H and O–H groups in total. The largest absolute Gasteiger partial charge is 0.473 e. The second-order valence-corrected chi connectivity index (χ2v) is 6.26. The zero-order valence-electron chi connectivity index (χ0n) is 14.7. The lowest BCUT2D eigenvalue weighted by Crippen LogP contribution is -2.38. The summed E-state index contributed by atoms with van der Waals surface area (Å²) in [6.07, 6.45) is 4.41. The minimum absolute atomic E-state index is 0.508. The fourth-order valence-electron chi connectivity index (χ4n) is 2.47. The van der Waals surface area contributed by atoms with Crippen LogP contribution in [0.4, 0.5) is 0 Å². The molecule has 0 spiro atoms. The van der Waals surface area contributed by atoms with Gasteiger partial charge in [-0.15, -0.1) is 0 Å². The Hall–Kier alpha value is -2.56. The first-order chi connectivity index (χ1) is 12.3. The summed E-state index contributed by atoms with van der Waals surface area (Å²) in [6, 6.07) is 14.1. The maximum absolute atomic E-state index is 5.90. The highest BCUT2D eigenvalue weighted by molar-refractivity contribution is 5.79. The topological polar surface area (TPSA) is 58.5 Å². The number of hydrogen-bond acceptors (Lipinski definition) is 3. The molecular formula is C20H26N4O. The molecule has 1 aliphatic rings. The van der Waals surface area contributed by atoms with Crippen LogP contribution in [-0.4, -0.2) is 24.0 Å². The van der Waals surface area contributed by atoms with Crippen molar-refractivity contribution in [2.24, 2.45) is 10.9 Å². The fourth-order valence-corrected chi connectivity index (χ4v) is 2.47.